The highest BCUT2D eigenvalue weighted by Gasteiger charge is 2.30. The van der Waals surface area contributed by atoms with Crippen molar-refractivity contribution in [2.45, 2.75) is 18.7 Å². The molecule has 86 valence electrons. The molecule has 1 aromatic carbocycles. The molecule has 0 aromatic heterocycles. The van der Waals surface area contributed by atoms with E-state index in [1.807, 2.05) is 13.0 Å². The minimum Gasteiger partial charge on any atom is -0.309 e. The van der Waals surface area contributed by atoms with Gasteiger partial charge in [0, 0.05) is 18.0 Å². The Morgan fingerprint density at radius 1 is 1.31 bits per heavy atom. The van der Waals surface area contributed by atoms with Gasteiger partial charge in [-0.05, 0) is 24.6 Å². The van der Waals surface area contributed by atoms with Crippen LogP contribution in [0.15, 0.2) is 12.1 Å². The minimum absolute atomic E-state index is 0.00335. The molecule has 1 aliphatic rings. The molecular formula is C11H10Cl3NO. The first kappa shape index (κ1) is 12.0. The van der Waals surface area contributed by atoms with Gasteiger partial charge in [0.15, 0.2) is 0 Å². The van der Waals surface area contributed by atoms with Gasteiger partial charge in [-0.2, -0.15) is 0 Å². The number of rotatable bonds is 1. The van der Waals surface area contributed by atoms with E-state index < -0.39 is 0 Å². The van der Waals surface area contributed by atoms with Crippen molar-refractivity contribution < 1.29 is 4.79 Å². The summed E-state index contributed by atoms with van der Waals surface area (Å²) in [4.78, 5) is 13.3. The fourth-order valence-corrected chi connectivity index (χ4v) is 2.50. The fraction of sp³-hybridized carbons (Fsp3) is 0.364. The normalized spacial score (nSPS) is 20.6. The molecule has 1 amide bonds. The largest absolute Gasteiger partial charge is 0.309 e. The second-order valence-electron chi connectivity index (χ2n) is 3.86. The van der Waals surface area contributed by atoms with E-state index in [-0.39, 0.29) is 11.3 Å². The van der Waals surface area contributed by atoms with Gasteiger partial charge in [-0.15, -0.1) is 11.6 Å². The Hall–Kier alpha value is -0.440. The first-order chi connectivity index (χ1) is 7.49. The van der Waals surface area contributed by atoms with Gasteiger partial charge in [-0.1, -0.05) is 23.2 Å². The molecule has 1 aromatic rings. The maximum Gasteiger partial charge on any atom is 0.228 e. The predicted molar refractivity (Wildman–Crippen MR) is 67.8 cm³/mol. The van der Waals surface area contributed by atoms with Crippen LogP contribution in [0, 0.1) is 6.92 Å². The number of anilines is 1. The number of alkyl halides is 1. The van der Waals surface area contributed by atoms with Crippen LogP contribution in [-0.2, 0) is 4.79 Å². The van der Waals surface area contributed by atoms with E-state index in [1.165, 1.54) is 0 Å². The number of hydrogen-bond donors (Lipinski definition) is 0. The Morgan fingerprint density at radius 2 is 2.00 bits per heavy atom. The molecule has 2 nitrogen and oxygen atoms in total. The van der Waals surface area contributed by atoms with Crippen molar-refractivity contribution in [2.75, 3.05) is 11.4 Å². The zero-order chi connectivity index (χ0) is 11.9. The lowest BCUT2D eigenvalue weighted by Crippen LogP contribution is -2.25. The summed E-state index contributed by atoms with van der Waals surface area (Å²) in [6.07, 6.45) is 0.361. The molecule has 2 rings (SSSR count). The van der Waals surface area contributed by atoms with Crippen molar-refractivity contribution in [1.82, 2.24) is 0 Å². The molecule has 1 saturated heterocycles. The standard InChI is InChI=1S/C11H10Cl3NO/c1-6-2-10(9(14)4-8(6)13)15-5-7(12)3-11(15)16/h2,4,7H,3,5H2,1H3. The summed E-state index contributed by atoms with van der Waals surface area (Å²) < 4.78 is 0. The molecule has 0 N–H and O–H groups in total. The SMILES string of the molecule is Cc1cc(N2CC(Cl)CC2=O)c(Cl)cc1Cl. The molecule has 1 aliphatic heterocycles. The predicted octanol–water partition coefficient (Wildman–Crippen LogP) is 3.65. The average Bonchev–Trinajstić information content (AvgIpc) is 2.51. The number of halogens is 3. The number of aryl methyl sites for hydroxylation is 1. The van der Waals surface area contributed by atoms with Crippen LogP contribution >= 0.6 is 34.8 Å². The van der Waals surface area contributed by atoms with Gasteiger partial charge in [0.2, 0.25) is 5.91 Å². The molecule has 5 heteroatoms. The van der Waals surface area contributed by atoms with Crippen LogP contribution in [0.1, 0.15) is 12.0 Å². The van der Waals surface area contributed by atoms with Gasteiger partial charge in [0.25, 0.3) is 0 Å². The molecule has 1 unspecified atom stereocenters. The molecule has 0 aliphatic carbocycles. The Morgan fingerprint density at radius 3 is 2.56 bits per heavy atom. The Labute approximate surface area is 109 Å². The first-order valence-electron chi connectivity index (χ1n) is 4.89. The van der Waals surface area contributed by atoms with Gasteiger partial charge in [0.1, 0.15) is 0 Å². The highest BCUT2D eigenvalue weighted by Crippen LogP contribution is 2.34. The molecule has 16 heavy (non-hydrogen) atoms. The molecule has 0 bridgehead atoms. The Bertz CT molecular complexity index is 447. The highest BCUT2D eigenvalue weighted by molar-refractivity contribution is 6.37. The number of amides is 1. The summed E-state index contributed by atoms with van der Waals surface area (Å²) in [5, 5.41) is 0.942. The quantitative estimate of drug-likeness (QED) is 0.718. The molecule has 0 saturated carbocycles. The summed E-state index contributed by atoms with van der Waals surface area (Å²) in [5.41, 5.74) is 1.59. The Balaban J connectivity index is 2.41. The smallest absolute Gasteiger partial charge is 0.228 e. The number of carbonyl (C=O) groups excluding carboxylic acids is 1. The summed E-state index contributed by atoms with van der Waals surface area (Å²) in [6.45, 7) is 2.38. The van der Waals surface area contributed by atoms with Crippen molar-refractivity contribution in [3.63, 3.8) is 0 Å². The maximum atomic E-state index is 11.7. The third-order valence-electron chi connectivity index (χ3n) is 2.60. The van der Waals surface area contributed by atoms with E-state index >= 15 is 0 Å². The van der Waals surface area contributed by atoms with Crippen molar-refractivity contribution in [3.8, 4) is 0 Å². The molecule has 0 radical (unpaired) electrons. The topological polar surface area (TPSA) is 20.3 Å². The maximum absolute atomic E-state index is 11.7. The monoisotopic (exact) mass is 277 g/mol. The van der Waals surface area contributed by atoms with E-state index in [0.717, 1.165) is 5.56 Å². The van der Waals surface area contributed by atoms with Crippen molar-refractivity contribution in [1.29, 1.82) is 0 Å². The van der Waals surface area contributed by atoms with Crippen molar-refractivity contribution in [2.24, 2.45) is 0 Å². The third kappa shape index (κ3) is 2.15. The Kier molecular flexibility index (Phi) is 3.34. The van der Waals surface area contributed by atoms with Crippen LogP contribution in [0.4, 0.5) is 5.69 Å². The van der Waals surface area contributed by atoms with Gasteiger partial charge < -0.3 is 4.90 Å². The molecular weight excluding hydrogens is 268 g/mol. The van der Waals surface area contributed by atoms with Gasteiger partial charge in [-0.25, -0.2) is 0 Å². The summed E-state index contributed by atoms with van der Waals surface area (Å²) >= 11 is 18.0. The zero-order valence-corrected chi connectivity index (χ0v) is 10.9. The van der Waals surface area contributed by atoms with E-state index in [0.29, 0.717) is 28.7 Å². The fourth-order valence-electron chi connectivity index (χ4n) is 1.75. The summed E-state index contributed by atoms with van der Waals surface area (Å²) in [5.74, 6) is 0.00335. The van der Waals surface area contributed by atoms with Crippen molar-refractivity contribution >= 4 is 46.4 Å². The number of carbonyl (C=O) groups is 1. The molecule has 1 heterocycles. The summed E-state index contributed by atoms with van der Waals surface area (Å²) in [7, 11) is 0. The van der Waals surface area contributed by atoms with Crippen LogP contribution in [0.2, 0.25) is 10.0 Å². The van der Waals surface area contributed by atoms with E-state index in [1.54, 1.807) is 11.0 Å². The van der Waals surface area contributed by atoms with Crippen LogP contribution in [-0.4, -0.2) is 17.8 Å². The van der Waals surface area contributed by atoms with E-state index in [4.69, 9.17) is 34.8 Å². The van der Waals surface area contributed by atoms with Gasteiger partial charge >= 0.3 is 0 Å². The lowest BCUT2D eigenvalue weighted by molar-refractivity contribution is -0.117. The van der Waals surface area contributed by atoms with Crippen molar-refractivity contribution in [3.05, 3.63) is 27.7 Å². The molecule has 1 atom stereocenters. The van der Waals surface area contributed by atoms with Gasteiger partial charge in [-0.3, -0.25) is 4.79 Å². The third-order valence-corrected chi connectivity index (χ3v) is 3.60. The highest BCUT2D eigenvalue weighted by atomic mass is 35.5. The van der Waals surface area contributed by atoms with Crippen LogP contribution in [0.5, 0.6) is 0 Å². The lowest BCUT2D eigenvalue weighted by atomic mass is 10.2. The number of hydrogen-bond acceptors (Lipinski definition) is 1. The zero-order valence-electron chi connectivity index (χ0n) is 8.64. The van der Waals surface area contributed by atoms with E-state index in [2.05, 4.69) is 0 Å². The average molecular weight is 279 g/mol. The second kappa shape index (κ2) is 4.44. The van der Waals surface area contributed by atoms with Crippen LogP contribution in [0.3, 0.4) is 0 Å². The molecule has 0 spiro atoms. The molecule has 1 fully saturated rings. The lowest BCUT2D eigenvalue weighted by Gasteiger charge is -2.18. The van der Waals surface area contributed by atoms with E-state index in [9.17, 15) is 4.79 Å². The van der Waals surface area contributed by atoms with Crippen LogP contribution in [0.25, 0.3) is 0 Å². The number of nitrogens with zero attached hydrogens (tertiary/aromatic N) is 1. The van der Waals surface area contributed by atoms with Gasteiger partial charge in [0.05, 0.1) is 16.1 Å². The minimum atomic E-state index is -0.139. The summed E-state index contributed by atoms with van der Waals surface area (Å²) in [6, 6.07) is 3.47. The second-order valence-corrected chi connectivity index (χ2v) is 5.29. The van der Waals surface area contributed by atoms with Crippen LogP contribution < -0.4 is 4.90 Å². The number of benzene rings is 1. The first-order valence-corrected chi connectivity index (χ1v) is 6.08.